The van der Waals surface area contributed by atoms with E-state index in [4.69, 9.17) is 18.9 Å². The molecule has 0 spiro atoms. The number of nitrogens with one attached hydrogen (secondary N) is 1. The fourth-order valence-corrected chi connectivity index (χ4v) is 3.00. The molecule has 1 heterocycles. The van der Waals surface area contributed by atoms with Gasteiger partial charge in [-0.25, -0.2) is 0 Å². The summed E-state index contributed by atoms with van der Waals surface area (Å²) in [7, 11) is 0. The van der Waals surface area contributed by atoms with Gasteiger partial charge in [-0.15, -0.1) is 0 Å². The van der Waals surface area contributed by atoms with E-state index < -0.39 is 0 Å². The third-order valence-electron chi connectivity index (χ3n) is 4.34. The van der Waals surface area contributed by atoms with Crippen LogP contribution in [0.2, 0.25) is 0 Å². The number of benzene rings is 2. The number of hydrogen-bond donors (Lipinski definition) is 1. The smallest absolute Gasteiger partial charge is 0.220 e. The Hall–Kier alpha value is -2.89. The number of amides is 1. The van der Waals surface area contributed by atoms with Gasteiger partial charge in [-0.05, 0) is 55.7 Å². The first-order valence-electron chi connectivity index (χ1n) is 9.73. The monoisotopic (exact) mass is 385 g/mol. The maximum atomic E-state index is 12.2. The van der Waals surface area contributed by atoms with E-state index in [9.17, 15) is 4.79 Å². The summed E-state index contributed by atoms with van der Waals surface area (Å²) in [5.74, 6) is 2.94. The SMILES string of the molecule is CCOc1ccc(CNC(=O)CCc2ccc3c(c2)OCCO3)cc1OCC. The fraction of sp³-hybridized carbons (Fsp3) is 0.409. The van der Waals surface area contributed by atoms with E-state index >= 15 is 0 Å². The summed E-state index contributed by atoms with van der Waals surface area (Å²) in [4.78, 5) is 12.2. The maximum absolute atomic E-state index is 12.2. The van der Waals surface area contributed by atoms with E-state index in [0.29, 0.717) is 51.6 Å². The van der Waals surface area contributed by atoms with Crippen LogP contribution in [0.3, 0.4) is 0 Å². The molecule has 6 heteroatoms. The minimum Gasteiger partial charge on any atom is -0.490 e. The molecule has 0 bridgehead atoms. The highest BCUT2D eigenvalue weighted by molar-refractivity contribution is 5.76. The number of rotatable bonds is 9. The summed E-state index contributed by atoms with van der Waals surface area (Å²) in [6, 6.07) is 11.6. The van der Waals surface area contributed by atoms with Gasteiger partial charge in [0.2, 0.25) is 5.91 Å². The van der Waals surface area contributed by atoms with Gasteiger partial charge >= 0.3 is 0 Å². The highest BCUT2D eigenvalue weighted by atomic mass is 16.6. The zero-order valence-corrected chi connectivity index (χ0v) is 16.5. The molecule has 0 radical (unpaired) electrons. The third kappa shape index (κ3) is 5.31. The summed E-state index contributed by atoms with van der Waals surface area (Å²) in [6.07, 6.45) is 1.06. The second kappa shape index (κ2) is 9.88. The van der Waals surface area contributed by atoms with E-state index in [1.165, 1.54) is 0 Å². The molecule has 150 valence electrons. The van der Waals surface area contributed by atoms with Gasteiger partial charge in [-0.2, -0.15) is 0 Å². The molecule has 1 aliphatic heterocycles. The lowest BCUT2D eigenvalue weighted by Gasteiger charge is -2.18. The van der Waals surface area contributed by atoms with E-state index in [1.54, 1.807) is 0 Å². The van der Waals surface area contributed by atoms with Crippen molar-refractivity contribution in [2.45, 2.75) is 33.2 Å². The van der Waals surface area contributed by atoms with Crippen molar-refractivity contribution in [2.24, 2.45) is 0 Å². The largest absolute Gasteiger partial charge is 0.490 e. The summed E-state index contributed by atoms with van der Waals surface area (Å²) in [5, 5.41) is 2.96. The first kappa shape index (κ1) is 19.9. The first-order valence-corrected chi connectivity index (χ1v) is 9.73. The van der Waals surface area contributed by atoms with Crippen molar-refractivity contribution in [2.75, 3.05) is 26.4 Å². The lowest BCUT2D eigenvalue weighted by molar-refractivity contribution is -0.121. The minimum atomic E-state index is 0.00161. The zero-order valence-electron chi connectivity index (χ0n) is 16.5. The van der Waals surface area contributed by atoms with Crippen molar-refractivity contribution >= 4 is 5.91 Å². The van der Waals surface area contributed by atoms with Crippen molar-refractivity contribution in [3.8, 4) is 23.0 Å². The van der Waals surface area contributed by atoms with Crippen LogP contribution in [0, 0.1) is 0 Å². The molecule has 3 rings (SSSR count). The molecule has 6 nitrogen and oxygen atoms in total. The van der Waals surface area contributed by atoms with Gasteiger partial charge in [-0.1, -0.05) is 12.1 Å². The Kier molecular flexibility index (Phi) is 7.00. The van der Waals surface area contributed by atoms with Crippen LogP contribution in [0.25, 0.3) is 0 Å². The number of carbonyl (C=O) groups excluding carboxylic acids is 1. The Morgan fingerprint density at radius 3 is 2.43 bits per heavy atom. The van der Waals surface area contributed by atoms with Crippen LogP contribution in [0.1, 0.15) is 31.4 Å². The lowest BCUT2D eigenvalue weighted by atomic mass is 10.1. The van der Waals surface area contributed by atoms with E-state index in [2.05, 4.69) is 5.32 Å². The predicted octanol–water partition coefficient (Wildman–Crippen LogP) is 3.50. The van der Waals surface area contributed by atoms with Gasteiger partial charge in [0.25, 0.3) is 0 Å². The van der Waals surface area contributed by atoms with Gasteiger partial charge in [0.1, 0.15) is 13.2 Å². The standard InChI is InChI=1S/C22H27NO5/c1-3-25-18-9-6-17(14-20(18)26-4-2)15-23-22(24)10-7-16-5-8-19-21(13-16)28-12-11-27-19/h5-6,8-9,13-14H,3-4,7,10-12,15H2,1-2H3,(H,23,24). The molecule has 28 heavy (non-hydrogen) atoms. The van der Waals surface area contributed by atoms with Crippen molar-refractivity contribution in [3.05, 3.63) is 47.5 Å². The molecule has 1 aliphatic rings. The van der Waals surface area contributed by atoms with Gasteiger partial charge in [0.05, 0.1) is 13.2 Å². The second-order valence-corrected chi connectivity index (χ2v) is 6.40. The van der Waals surface area contributed by atoms with Gasteiger partial charge in [-0.3, -0.25) is 4.79 Å². The Morgan fingerprint density at radius 2 is 1.64 bits per heavy atom. The predicted molar refractivity (Wildman–Crippen MR) is 106 cm³/mol. The van der Waals surface area contributed by atoms with E-state index in [-0.39, 0.29) is 5.91 Å². The molecular formula is C22H27NO5. The quantitative estimate of drug-likeness (QED) is 0.716. The Morgan fingerprint density at radius 1 is 0.929 bits per heavy atom. The van der Waals surface area contributed by atoms with Gasteiger partial charge in [0.15, 0.2) is 23.0 Å². The van der Waals surface area contributed by atoms with E-state index in [0.717, 1.165) is 28.4 Å². The van der Waals surface area contributed by atoms with Crippen molar-refractivity contribution in [1.29, 1.82) is 0 Å². The number of aryl methyl sites for hydroxylation is 1. The maximum Gasteiger partial charge on any atom is 0.220 e. The van der Waals surface area contributed by atoms with Crippen molar-refractivity contribution < 1.29 is 23.7 Å². The molecule has 2 aromatic rings. The molecule has 2 aromatic carbocycles. The topological polar surface area (TPSA) is 66.0 Å². The minimum absolute atomic E-state index is 0.00161. The van der Waals surface area contributed by atoms with Crippen molar-refractivity contribution in [3.63, 3.8) is 0 Å². The van der Waals surface area contributed by atoms with Crippen LogP contribution in [-0.2, 0) is 17.8 Å². The summed E-state index contributed by atoms with van der Waals surface area (Å²) >= 11 is 0. The number of carbonyl (C=O) groups is 1. The summed E-state index contributed by atoms with van der Waals surface area (Å²) in [6.45, 7) is 6.59. The molecule has 0 fully saturated rings. The van der Waals surface area contributed by atoms with E-state index in [1.807, 2.05) is 50.2 Å². The second-order valence-electron chi connectivity index (χ2n) is 6.40. The molecule has 1 N–H and O–H groups in total. The fourth-order valence-electron chi connectivity index (χ4n) is 3.00. The number of fused-ring (bicyclic) bond motifs is 1. The average Bonchev–Trinajstić information content (AvgIpc) is 2.72. The molecule has 0 saturated carbocycles. The van der Waals surface area contributed by atoms with Crippen LogP contribution in [0.4, 0.5) is 0 Å². The Balaban J connectivity index is 1.51. The Labute approximate surface area is 165 Å². The molecule has 0 atom stereocenters. The average molecular weight is 385 g/mol. The van der Waals surface area contributed by atoms with Crippen LogP contribution in [-0.4, -0.2) is 32.3 Å². The molecule has 1 amide bonds. The molecule has 0 saturated heterocycles. The lowest BCUT2D eigenvalue weighted by Crippen LogP contribution is -2.23. The summed E-state index contributed by atoms with van der Waals surface area (Å²) in [5.41, 5.74) is 2.03. The van der Waals surface area contributed by atoms with Crippen LogP contribution in [0.5, 0.6) is 23.0 Å². The number of hydrogen-bond acceptors (Lipinski definition) is 5. The summed E-state index contributed by atoms with van der Waals surface area (Å²) < 4.78 is 22.3. The molecular weight excluding hydrogens is 358 g/mol. The third-order valence-corrected chi connectivity index (χ3v) is 4.34. The van der Waals surface area contributed by atoms with Crippen molar-refractivity contribution in [1.82, 2.24) is 5.32 Å². The number of ether oxygens (including phenoxy) is 4. The highest BCUT2D eigenvalue weighted by Gasteiger charge is 2.12. The van der Waals surface area contributed by atoms with Crippen LogP contribution in [0.15, 0.2) is 36.4 Å². The Bertz CT molecular complexity index is 806. The molecule has 0 aromatic heterocycles. The van der Waals surface area contributed by atoms with Crippen LogP contribution < -0.4 is 24.3 Å². The molecule has 0 aliphatic carbocycles. The normalized spacial score (nSPS) is 12.4. The first-order chi connectivity index (χ1) is 13.7. The highest BCUT2D eigenvalue weighted by Crippen LogP contribution is 2.31. The van der Waals surface area contributed by atoms with Gasteiger partial charge in [0, 0.05) is 13.0 Å². The zero-order chi connectivity index (χ0) is 19.8. The molecule has 0 unspecified atom stereocenters. The van der Waals surface area contributed by atoms with Gasteiger partial charge < -0.3 is 24.3 Å². The van der Waals surface area contributed by atoms with Crippen LogP contribution >= 0.6 is 0 Å².